The molecule has 1 aromatic rings. The van der Waals surface area contributed by atoms with E-state index in [1.807, 2.05) is 0 Å². The van der Waals surface area contributed by atoms with Crippen molar-refractivity contribution in [3.05, 3.63) is 22.2 Å². The third kappa shape index (κ3) is 3.92. The number of nitrogen functional groups attached to an aromatic ring is 1. The van der Waals surface area contributed by atoms with E-state index in [0.29, 0.717) is 15.7 Å². The van der Waals surface area contributed by atoms with E-state index in [4.69, 9.17) is 10.8 Å². The molecule has 19 heavy (non-hydrogen) atoms. The number of anilines is 1. The van der Waals surface area contributed by atoms with Crippen LogP contribution < -0.4 is 10.5 Å². The zero-order chi connectivity index (χ0) is 14.8. The highest BCUT2D eigenvalue weighted by atomic mass is 79.9. The van der Waals surface area contributed by atoms with Crippen LogP contribution in [0.2, 0.25) is 0 Å². The van der Waals surface area contributed by atoms with Crippen molar-refractivity contribution in [3.8, 4) is 0 Å². The van der Waals surface area contributed by atoms with Crippen LogP contribution in [0, 0.1) is 12.8 Å². The van der Waals surface area contributed by atoms with Gasteiger partial charge in [-0.25, -0.2) is 13.1 Å². The van der Waals surface area contributed by atoms with Crippen molar-refractivity contribution in [2.24, 2.45) is 5.92 Å². The minimum Gasteiger partial charge on any atom is -0.398 e. The fraction of sp³-hybridized carbons (Fsp3) is 0.500. The Kier molecular flexibility index (Phi) is 5.37. The van der Waals surface area contributed by atoms with E-state index in [-0.39, 0.29) is 23.5 Å². The van der Waals surface area contributed by atoms with Gasteiger partial charge in [-0.1, -0.05) is 6.92 Å². The Morgan fingerprint density at radius 3 is 2.53 bits per heavy atom. The predicted octanol–water partition coefficient (Wildman–Crippen LogP) is 1.63. The Labute approximate surface area is 122 Å². The molecule has 1 rings (SSSR count). The number of rotatable bonds is 5. The highest BCUT2D eigenvalue weighted by Crippen LogP contribution is 2.26. The highest BCUT2D eigenvalue weighted by molar-refractivity contribution is 9.10. The Hall–Kier alpha value is -0.630. The van der Waals surface area contributed by atoms with Gasteiger partial charge in [-0.3, -0.25) is 0 Å². The molecular formula is C12H19BrN2O3S. The number of hydrogen-bond acceptors (Lipinski definition) is 4. The number of aliphatic hydroxyl groups is 1. The van der Waals surface area contributed by atoms with Crippen LogP contribution in [0.5, 0.6) is 0 Å². The summed E-state index contributed by atoms with van der Waals surface area (Å²) < 4.78 is 27.8. The molecule has 0 aromatic heterocycles. The van der Waals surface area contributed by atoms with Gasteiger partial charge in [0.2, 0.25) is 10.0 Å². The van der Waals surface area contributed by atoms with E-state index in [0.717, 1.165) is 0 Å². The minimum absolute atomic E-state index is 0.0782. The number of halogens is 1. The largest absolute Gasteiger partial charge is 0.398 e. The molecule has 0 radical (unpaired) electrons. The molecule has 0 amide bonds. The van der Waals surface area contributed by atoms with E-state index < -0.39 is 10.0 Å². The van der Waals surface area contributed by atoms with Crippen LogP contribution in [0.4, 0.5) is 5.69 Å². The van der Waals surface area contributed by atoms with Crippen molar-refractivity contribution in [1.82, 2.24) is 4.72 Å². The summed E-state index contributed by atoms with van der Waals surface area (Å²) in [6, 6.07) is 2.74. The van der Waals surface area contributed by atoms with Crippen LogP contribution in [0.15, 0.2) is 21.5 Å². The van der Waals surface area contributed by atoms with Gasteiger partial charge in [-0.2, -0.15) is 0 Å². The third-order valence-corrected chi connectivity index (χ3v) is 5.45. The van der Waals surface area contributed by atoms with Crippen LogP contribution in [-0.2, 0) is 10.0 Å². The molecule has 7 heteroatoms. The predicted molar refractivity (Wildman–Crippen MR) is 79.3 cm³/mol. The number of hydrogen-bond donors (Lipinski definition) is 3. The molecule has 0 aliphatic rings. The number of nitrogens with one attached hydrogen (secondary N) is 1. The van der Waals surface area contributed by atoms with Gasteiger partial charge in [0.15, 0.2) is 0 Å². The molecule has 0 fully saturated rings. The van der Waals surface area contributed by atoms with Crippen LogP contribution in [-0.4, -0.2) is 26.2 Å². The van der Waals surface area contributed by atoms with Gasteiger partial charge in [-0.05, 0) is 53.4 Å². The van der Waals surface area contributed by atoms with Crippen molar-refractivity contribution in [3.63, 3.8) is 0 Å². The van der Waals surface area contributed by atoms with Gasteiger partial charge in [-0.15, -0.1) is 0 Å². The van der Waals surface area contributed by atoms with Crippen molar-refractivity contribution in [1.29, 1.82) is 0 Å². The van der Waals surface area contributed by atoms with Crippen molar-refractivity contribution >= 4 is 31.6 Å². The Morgan fingerprint density at radius 1 is 1.42 bits per heavy atom. The Bertz CT molecular complexity index is 560. The van der Waals surface area contributed by atoms with Crippen LogP contribution in [0.1, 0.15) is 19.4 Å². The second kappa shape index (κ2) is 6.21. The number of aliphatic hydroxyl groups excluding tert-OH is 1. The van der Waals surface area contributed by atoms with Crippen molar-refractivity contribution < 1.29 is 13.5 Å². The third-order valence-electron chi connectivity index (χ3n) is 3.07. The average Bonchev–Trinajstić information content (AvgIpc) is 2.31. The molecule has 4 N–H and O–H groups in total. The number of aryl methyl sites for hydroxylation is 1. The first-order valence-electron chi connectivity index (χ1n) is 5.88. The summed E-state index contributed by atoms with van der Waals surface area (Å²) in [6.45, 7) is 5.12. The van der Waals surface area contributed by atoms with Crippen molar-refractivity contribution in [2.45, 2.75) is 31.7 Å². The first kappa shape index (κ1) is 16.4. The average molecular weight is 351 g/mol. The summed E-state index contributed by atoms with van der Waals surface area (Å²) in [4.78, 5) is 0.158. The number of nitrogens with two attached hydrogens (primary N) is 1. The molecule has 5 nitrogen and oxygen atoms in total. The molecule has 2 atom stereocenters. The molecule has 0 saturated heterocycles. The van der Waals surface area contributed by atoms with Gasteiger partial charge in [0.1, 0.15) is 0 Å². The number of benzene rings is 1. The molecule has 0 saturated carbocycles. The van der Waals surface area contributed by atoms with Crippen molar-refractivity contribution in [2.75, 3.05) is 12.3 Å². The van der Waals surface area contributed by atoms with E-state index in [1.165, 1.54) is 6.07 Å². The molecule has 2 unspecified atom stereocenters. The van der Waals surface area contributed by atoms with E-state index in [1.54, 1.807) is 26.8 Å². The Morgan fingerprint density at radius 2 is 2.00 bits per heavy atom. The fourth-order valence-electron chi connectivity index (χ4n) is 1.54. The maximum Gasteiger partial charge on any atom is 0.241 e. The SMILES string of the molecule is Cc1cc(Br)c(N)cc1S(=O)(=O)NC(C)C(C)CO. The minimum atomic E-state index is -3.65. The highest BCUT2D eigenvalue weighted by Gasteiger charge is 2.23. The molecule has 0 bridgehead atoms. The summed E-state index contributed by atoms with van der Waals surface area (Å²) >= 11 is 3.26. The van der Waals surface area contributed by atoms with E-state index >= 15 is 0 Å². The number of sulfonamides is 1. The molecule has 1 aromatic carbocycles. The summed E-state index contributed by atoms with van der Waals surface area (Å²) in [5.74, 6) is -0.164. The topological polar surface area (TPSA) is 92.4 Å². The lowest BCUT2D eigenvalue weighted by Crippen LogP contribution is -2.38. The lowest BCUT2D eigenvalue weighted by molar-refractivity contribution is 0.216. The Balaban J connectivity index is 3.11. The zero-order valence-electron chi connectivity index (χ0n) is 11.1. The molecular weight excluding hydrogens is 332 g/mol. The van der Waals surface area contributed by atoms with E-state index in [2.05, 4.69) is 20.7 Å². The van der Waals surface area contributed by atoms with Gasteiger partial charge in [0, 0.05) is 22.8 Å². The summed E-state index contributed by atoms with van der Waals surface area (Å²) in [5.41, 5.74) is 6.70. The van der Waals surface area contributed by atoms with Crippen LogP contribution >= 0.6 is 15.9 Å². The molecule has 108 valence electrons. The van der Waals surface area contributed by atoms with Gasteiger partial charge < -0.3 is 10.8 Å². The molecule has 0 spiro atoms. The second-order valence-electron chi connectivity index (χ2n) is 4.71. The quantitative estimate of drug-likeness (QED) is 0.703. The van der Waals surface area contributed by atoms with E-state index in [9.17, 15) is 8.42 Å². The smallest absolute Gasteiger partial charge is 0.241 e. The lowest BCUT2D eigenvalue weighted by Gasteiger charge is -2.20. The van der Waals surface area contributed by atoms with Gasteiger partial charge in [0.25, 0.3) is 0 Å². The van der Waals surface area contributed by atoms with Gasteiger partial charge >= 0.3 is 0 Å². The van der Waals surface area contributed by atoms with Crippen LogP contribution in [0.3, 0.4) is 0 Å². The maximum atomic E-state index is 12.3. The lowest BCUT2D eigenvalue weighted by atomic mass is 10.1. The zero-order valence-corrected chi connectivity index (χ0v) is 13.5. The van der Waals surface area contributed by atoms with Gasteiger partial charge in [0.05, 0.1) is 4.90 Å². The second-order valence-corrected chi connectivity index (χ2v) is 7.25. The van der Waals surface area contributed by atoms with Crippen LogP contribution in [0.25, 0.3) is 0 Å². The summed E-state index contributed by atoms with van der Waals surface area (Å²) in [6.07, 6.45) is 0. The first-order chi connectivity index (χ1) is 8.69. The normalized spacial score (nSPS) is 15.2. The molecule has 0 aliphatic carbocycles. The summed E-state index contributed by atoms with van der Waals surface area (Å²) in [7, 11) is -3.65. The summed E-state index contributed by atoms with van der Waals surface area (Å²) in [5, 5.41) is 9.05. The first-order valence-corrected chi connectivity index (χ1v) is 8.15. The standard InChI is InChI=1S/C12H19BrN2O3S/c1-7-4-10(13)11(14)5-12(7)19(17,18)15-9(3)8(2)6-16/h4-5,8-9,15-16H,6,14H2,1-3H3. The molecule has 0 aliphatic heterocycles. The monoisotopic (exact) mass is 350 g/mol. The maximum absolute atomic E-state index is 12.3. The molecule has 0 heterocycles. The fourth-order valence-corrected chi connectivity index (χ4v) is 3.61.